The van der Waals surface area contributed by atoms with Gasteiger partial charge in [0.05, 0.1) is 4.90 Å². The van der Waals surface area contributed by atoms with Crippen molar-refractivity contribution >= 4 is 15.9 Å². The van der Waals surface area contributed by atoms with Crippen molar-refractivity contribution in [1.29, 1.82) is 0 Å². The van der Waals surface area contributed by atoms with Gasteiger partial charge in [0, 0.05) is 18.7 Å². The van der Waals surface area contributed by atoms with Crippen molar-refractivity contribution in [2.45, 2.75) is 37.2 Å². The molecule has 28 heavy (non-hydrogen) atoms. The second kappa shape index (κ2) is 9.32. The van der Waals surface area contributed by atoms with Crippen LogP contribution in [-0.2, 0) is 23.1 Å². The molecule has 2 aromatic rings. The maximum absolute atomic E-state index is 12.3. The van der Waals surface area contributed by atoms with Gasteiger partial charge in [0.1, 0.15) is 0 Å². The summed E-state index contributed by atoms with van der Waals surface area (Å²) in [7, 11) is -2.14. The number of rotatable bonds is 7. The Morgan fingerprint density at radius 3 is 2.14 bits per heavy atom. The Bertz CT molecular complexity index is 887. The number of sulfonamides is 1. The highest BCUT2D eigenvalue weighted by molar-refractivity contribution is 7.89. The van der Waals surface area contributed by atoms with Crippen molar-refractivity contribution in [3.05, 3.63) is 65.2 Å². The predicted molar refractivity (Wildman–Crippen MR) is 109 cm³/mol. The van der Waals surface area contributed by atoms with Crippen molar-refractivity contribution in [2.75, 3.05) is 20.1 Å². The largest absolute Gasteiger partial charge is 0.348 e. The molecule has 150 valence electrons. The molecule has 1 amide bonds. The van der Waals surface area contributed by atoms with E-state index < -0.39 is 10.0 Å². The Kier molecular flexibility index (Phi) is 6.83. The molecule has 0 atom stereocenters. The number of hydrogen-bond donors (Lipinski definition) is 2. The first-order valence-electron chi connectivity index (χ1n) is 9.60. The van der Waals surface area contributed by atoms with E-state index in [1.165, 1.54) is 69.2 Å². The zero-order valence-corrected chi connectivity index (χ0v) is 17.0. The molecule has 3 rings (SSSR count). The summed E-state index contributed by atoms with van der Waals surface area (Å²) >= 11 is 0. The van der Waals surface area contributed by atoms with E-state index >= 15 is 0 Å². The third-order valence-electron chi connectivity index (χ3n) is 5.03. The Morgan fingerprint density at radius 1 is 0.929 bits per heavy atom. The SMILES string of the molecule is CNS(=O)(=O)c1ccc(C(=O)NCc2ccc(CN3CCCCC3)cc2)cc1. The van der Waals surface area contributed by atoms with Gasteiger partial charge in [-0.2, -0.15) is 0 Å². The van der Waals surface area contributed by atoms with E-state index in [9.17, 15) is 13.2 Å². The van der Waals surface area contributed by atoms with Crippen LogP contribution in [0.25, 0.3) is 0 Å². The van der Waals surface area contributed by atoms with Crippen LogP contribution in [0.15, 0.2) is 53.4 Å². The first-order valence-corrected chi connectivity index (χ1v) is 11.1. The zero-order chi connectivity index (χ0) is 20.0. The second-order valence-corrected chi connectivity index (χ2v) is 8.95. The molecule has 2 N–H and O–H groups in total. The van der Waals surface area contributed by atoms with Gasteiger partial charge in [0.2, 0.25) is 10.0 Å². The summed E-state index contributed by atoms with van der Waals surface area (Å²) in [5.41, 5.74) is 2.75. The van der Waals surface area contributed by atoms with Crippen molar-refractivity contribution < 1.29 is 13.2 Å². The van der Waals surface area contributed by atoms with Crippen molar-refractivity contribution in [1.82, 2.24) is 14.9 Å². The molecule has 0 aliphatic carbocycles. The van der Waals surface area contributed by atoms with Crippen LogP contribution in [-0.4, -0.2) is 39.4 Å². The number of piperidine rings is 1. The number of carbonyl (C=O) groups is 1. The van der Waals surface area contributed by atoms with Gasteiger partial charge in [-0.05, 0) is 68.4 Å². The molecule has 1 saturated heterocycles. The monoisotopic (exact) mass is 401 g/mol. The Morgan fingerprint density at radius 2 is 1.54 bits per heavy atom. The molecule has 1 fully saturated rings. The molecule has 0 radical (unpaired) electrons. The van der Waals surface area contributed by atoms with E-state index in [4.69, 9.17) is 0 Å². The number of nitrogens with zero attached hydrogens (tertiary/aromatic N) is 1. The van der Waals surface area contributed by atoms with Gasteiger partial charge in [-0.3, -0.25) is 9.69 Å². The lowest BCUT2D eigenvalue weighted by Crippen LogP contribution is -2.29. The summed E-state index contributed by atoms with van der Waals surface area (Å²) in [6, 6.07) is 14.2. The highest BCUT2D eigenvalue weighted by Crippen LogP contribution is 2.14. The molecule has 6 nitrogen and oxygen atoms in total. The summed E-state index contributed by atoms with van der Waals surface area (Å²) in [6.07, 6.45) is 3.90. The Labute approximate surface area is 167 Å². The van der Waals surface area contributed by atoms with Gasteiger partial charge in [0.25, 0.3) is 5.91 Å². The van der Waals surface area contributed by atoms with Crippen LogP contribution < -0.4 is 10.0 Å². The minimum absolute atomic E-state index is 0.135. The standard InChI is InChI=1S/C21H27N3O3S/c1-22-28(26,27)20-11-9-19(10-12-20)21(25)23-15-17-5-7-18(8-6-17)16-24-13-3-2-4-14-24/h5-12,22H,2-4,13-16H2,1H3,(H,23,25). The van der Waals surface area contributed by atoms with Crippen LogP contribution in [0.2, 0.25) is 0 Å². The molecule has 0 bridgehead atoms. The fraction of sp³-hybridized carbons (Fsp3) is 0.381. The first-order chi connectivity index (χ1) is 13.5. The summed E-state index contributed by atoms with van der Waals surface area (Å²) in [4.78, 5) is 14.9. The lowest BCUT2D eigenvalue weighted by molar-refractivity contribution is 0.0951. The van der Waals surface area contributed by atoms with Crippen molar-refractivity contribution in [3.8, 4) is 0 Å². The molecule has 0 aromatic heterocycles. The molecule has 7 heteroatoms. The average Bonchev–Trinajstić information content (AvgIpc) is 2.74. The topological polar surface area (TPSA) is 78.5 Å². The fourth-order valence-electron chi connectivity index (χ4n) is 3.33. The van der Waals surface area contributed by atoms with E-state index in [1.807, 2.05) is 12.1 Å². The molecule has 1 aliphatic rings. The van der Waals surface area contributed by atoms with Gasteiger partial charge in [-0.1, -0.05) is 30.7 Å². The number of benzene rings is 2. The minimum Gasteiger partial charge on any atom is -0.348 e. The molecular weight excluding hydrogens is 374 g/mol. The molecule has 1 aliphatic heterocycles. The van der Waals surface area contributed by atoms with Crippen LogP contribution in [0.5, 0.6) is 0 Å². The number of hydrogen-bond acceptors (Lipinski definition) is 4. The summed E-state index contributed by atoms with van der Waals surface area (Å²) < 4.78 is 25.7. The quantitative estimate of drug-likeness (QED) is 0.747. The van der Waals surface area contributed by atoms with E-state index in [2.05, 4.69) is 27.1 Å². The summed E-state index contributed by atoms with van der Waals surface area (Å²) in [5.74, 6) is -0.231. The molecule has 0 saturated carbocycles. The fourth-order valence-corrected chi connectivity index (χ4v) is 4.06. The van der Waals surface area contributed by atoms with E-state index in [1.54, 1.807) is 0 Å². The van der Waals surface area contributed by atoms with E-state index in [0.29, 0.717) is 12.1 Å². The van der Waals surface area contributed by atoms with Crippen LogP contribution >= 0.6 is 0 Å². The first kappa shape index (κ1) is 20.5. The highest BCUT2D eigenvalue weighted by Gasteiger charge is 2.13. The van der Waals surface area contributed by atoms with Crippen molar-refractivity contribution in [3.63, 3.8) is 0 Å². The normalized spacial score (nSPS) is 15.3. The van der Waals surface area contributed by atoms with Crippen LogP contribution in [0, 0.1) is 0 Å². The van der Waals surface area contributed by atoms with Gasteiger partial charge in [-0.15, -0.1) is 0 Å². The predicted octanol–water partition coefficient (Wildman–Crippen LogP) is 2.51. The Hall–Kier alpha value is -2.22. The second-order valence-electron chi connectivity index (χ2n) is 7.07. The number of nitrogens with one attached hydrogen (secondary N) is 2. The van der Waals surface area contributed by atoms with Crippen molar-refractivity contribution in [2.24, 2.45) is 0 Å². The Balaban J connectivity index is 1.52. The maximum atomic E-state index is 12.3. The minimum atomic E-state index is -3.50. The number of amides is 1. The van der Waals surface area contributed by atoms with E-state index in [-0.39, 0.29) is 10.8 Å². The van der Waals surface area contributed by atoms with E-state index in [0.717, 1.165) is 12.1 Å². The summed E-state index contributed by atoms with van der Waals surface area (Å²) in [6.45, 7) is 3.76. The van der Waals surface area contributed by atoms with Gasteiger partial charge in [-0.25, -0.2) is 13.1 Å². The zero-order valence-electron chi connectivity index (χ0n) is 16.1. The van der Waals surface area contributed by atoms with Gasteiger partial charge in [0.15, 0.2) is 0 Å². The lowest BCUT2D eigenvalue weighted by Gasteiger charge is -2.26. The van der Waals surface area contributed by atoms with Crippen LogP contribution in [0.3, 0.4) is 0 Å². The average molecular weight is 402 g/mol. The highest BCUT2D eigenvalue weighted by atomic mass is 32.2. The lowest BCUT2D eigenvalue weighted by atomic mass is 10.1. The van der Waals surface area contributed by atoms with Gasteiger partial charge < -0.3 is 5.32 Å². The summed E-state index contributed by atoms with van der Waals surface area (Å²) in [5, 5.41) is 2.87. The maximum Gasteiger partial charge on any atom is 0.251 e. The molecular formula is C21H27N3O3S. The molecule has 1 heterocycles. The third-order valence-corrected chi connectivity index (χ3v) is 6.46. The molecule has 0 unspecified atom stereocenters. The third kappa shape index (κ3) is 5.41. The molecule has 0 spiro atoms. The number of likely N-dealkylation sites (tertiary alicyclic amines) is 1. The van der Waals surface area contributed by atoms with Gasteiger partial charge >= 0.3 is 0 Å². The smallest absolute Gasteiger partial charge is 0.251 e. The number of carbonyl (C=O) groups excluding carboxylic acids is 1. The van der Waals surface area contributed by atoms with Crippen LogP contribution in [0.4, 0.5) is 0 Å². The van der Waals surface area contributed by atoms with Crippen LogP contribution in [0.1, 0.15) is 40.7 Å². The molecule has 2 aromatic carbocycles.